The molecule has 0 unspecified atom stereocenters. The second-order valence-electron chi connectivity index (χ2n) is 0.118. The molecule has 0 heterocycles. The van der Waals surface area contributed by atoms with Gasteiger partial charge in [0.15, 0.2) is 0 Å². The summed E-state index contributed by atoms with van der Waals surface area (Å²) in [4.78, 5) is 0. The van der Waals surface area contributed by atoms with Gasteiger partial charge in [-0.15, -0.1) is 0 Å². The molecule has 0 aliphatic carbocycles. The zero-order valence-electron chi connectivity index (χ0n) is 2.49. The van der Waals surface area contributed by atoms with Gasteiger partial charge < -0.3 is 17.5 Å². The molecule has 4 heavy (non-hydrogen) atoms. The Bertz CT molecular complexity index is 15.5. The van der Waals surface area contributed by atoms with Crippen LogP contribution in [0.15, 0.2) is 0 Å². The molecular formula is CBKS. The maximum atomic E-state index is 4.41. The molecule has 0 aromatic heterocycles. The fraction of sp³-hybridized carbons (Fsp3) is 0. The van der Waals surface area contributed by atoms with E-state index in [0.717, 1.165) is 0 Å². The first-order valence-corrected chi connectivity index (χ1v) is 0.901. The fourth-order valence-corrected chi connectivity index (χ4v) is 0. The molecule has 0 amide bonds. The average Bonchev–Trinajstić information content (AvgIpc) is 0.918. The zero-order valence-corrected chi connectivity index (χ0v) is 6.43. The molecular weight excluding hydrogens is 94.0 g/mol. The normalized spacial score (nSPS) is 3.00. The Kier molecular flexibility index (Phi) is 20.4. The Morgan fingerprint density at radius 1 is 1.75 bits per heavy atom. The monoisotopic (exact) mass is 93.9 g/mol. The molecule has 0 aliphatic heterocycles. The summed E-state index contributed by atoms with van der Waals surface area (Å²) in [6, 6.07) is 0. The minimum absolute atomic E-state index is 0. The van der Waals surface area contributed by atoms with Crippen molar-refractivity contribution in [2.24, 2.45) is 0 Å². The minimum atomic E-state index is 0. The maximum Gasteiger partial charge on any atom is 1.00 e. The second kappa shape index (κ2) is 8.84. The van der Waals surface area contributed by atoms with Crippen molar-refractivity contribution in [1.29, 1.82) is 0 Å². The Morgan fingerprint density at radius 2 is 1.75 bits per heavy atom. The molecule has 0 nitrogen and oxygen atoms in total. The molecule has 0 spiro atoms. The molecule has 0 bridgehead atoms. The third kappa shape index (κ3) is 9.21. The average molecular weight is 94.0 g/mol. The van der Waals surface area contributed by atoms with Crippen LogP contribution in [0.4, 0.5) is 0 Å². The minimum Gasteiger partial charge on any atom is -0.469 e. The van der Waals surface area contributed by atoms with Gasteiger partial charge in [0.1, 0.15) is 0 Å². The third-order valence-corrected chi connectivity index (χ3v) is 0. The Morgan fingerprint density at radius 3 is 1.75 bits per heavy atom. The Balaban J connectivity index is 0. The molecule has 0 aromatic rings. The van der Waals surface area contributed by atoms with E-state index in [-0.39, 0.29) is 51.4 Å². The van der Waals surface area contributed by atoms with E-state index in [2.05, 4.69) is 20.1 Å². The van der Waals surface area contributed by atoms with Crippen molar-refractivity contribution >= 4 is 25.3 Å². The van der Waals surface area contributed by atoms with Crippen LogP contribution in [0.2, 0.25) is 0 Å². The van der Waals surface area contributed by atoms with E-state index in [1.165, 1.54) is 0 Å². The summed E-state index contributed by atoms with van der Waals surface area (Å²) in [5, 5.41) is 1.83. The van der Waals surface area contributed by atoms with Gasteiger partial charge in [-0.1, -0.05) is 0 Å². The van der Waals surface area contributed by atoms with E-state index in [9.17, 15) is 0 Å². The predicted octanol–water partition coefficient (Wildman–Crippen LogP) is -3.01. The van der Waals surface area contributed by atoms with Crippen molar-refractivity contribution in [2.45, 2.75) is 0 Å². The first-order valence-electron chi connectivity index (χ1n) is 0.493. The smallest absolute Gasteiger partial charge is 0.469 e. The van der Waals surface area contributed by atoms with Gasteiger partial charge in [0.05, 0.1) is 0 Å². The van der Waals surface area contributed by atoms with Crippen molar-refractivity contribution < 1.29 is 51.4 Å². The molecule has 0 rings (SSSR count). The predicted molar refractivity (Wildman–Crippen MR) is 18.4 cm³/mol. The summed E-state index contributed by atoms with van der Waals surface area (Å²) in [5.41, 5.74) is 0. The van der Waals surface area contributed by atoms with E-state index in [4.69, 9.17) is 0 Å². The first-order chi connectivity index (χ1) is 1.41. The maximum absolute atomic E-state index is 4.41. The van der Waals surface area contributed by atoms with Crippen LogP contribution in [-0.4, -0.2) is 13.1 Å². The van der Waals surface area contributed by atoms with E-state index in [1.807, 2.05) is 5.27 Å². The number of hydrogen-bond acceptors (Lipinski definition) is 1. The number of thiocarbonyl (C=S) groups is 1. The molecule has 0 saturated heterocycles. The molecule has 0 atom stereocenters. The van der Waals surface area contributed by atoms with Gasteiger partial charge >= 0.3 is 51.4 Å². The van der Waals surface area contributed by atoms with E-state index in [0.29, 0.717) is 0 Å². The van der Waals surface area contributed by atoms with Crippen LogP contribution in [0.5, 0.6) is 0 Å². The van der Waals surface area contributed by atoms with Gasteiger partial charge in [-0.25, -0.2) is 0 Å². The van der Waals surface area contributed by atoms with Gasteiger partial charge in [-0.05, 0) is 0 Å². The van der Waals surface area contributed by atoms with E-state index in [1.54, 1.807) is 0 Å². The Labute approximate surface area is 75.2 Å². The van der Waals surface area contributed by atoms with Crippen LogP contribution >= 0.6 is 12.2 Å². The summed E-state index contributed by atoms with van der Waals surface area (Å²) < 4.78 is 0. The van der Waals surface area contributed by atoms with Crippen molar-refractivity contribution in [3.63, 3.8) is 0 Å². The van der Waals surface area contributed by atoms with Crippen LogP contribution in [0.25, 0.3) is 0 Å². The van der Waals surface area contributed by atoms with Crippen LogP contribution in [0.1, 0.15) is 0 Å². The molecule has 14 valence electrons. The Hall–Kier alpha value is 1.79. The van der Waals surface area contributed by atoms with Crippen LogP contribution < -0.4 is 51.4 Å². The first kappa shape index (κ1) is 9.25. The summed E-state index contributed by atoms with van der Waals surface area (Å²) >= 11 is 3.92. The van der Waals surface area contributed by atoms with Gasteiger partial charge in [-0.2, -0.15) is 7.85 Å². The molecule has 2 radical (unpaired) electrons. The zero-order chi connectivity index (χ0) is 2.71. The SMILES string of the molecule is [B][C-]=S.[K+]. The largest absolute Gasteiger partial charge is 1.00 e. The molecule has 3 heteroatoms. The quantitative estimate of drug-likeness (QED) is 0.175. The second-order valence-corrected chi connectivity index (χ2v) is 0.354. The van der Waals surface area contributed by atoms with Gasteiger partial charge in [0.25, 0.3) is 0 Å². The summed E-state index contributed by atoms with van der Waals surface area (Å²) in [5.74, 6) is 0. The van der Waals surface area contributed by atoms with Crippen molar-refractivity contribution in [2.75, 3.05) is 0 Å². The van der Waals surface area contributed by atoms with E-state index >= 15 is 0 Å². The topological polar surface area (TPSA) is 0 Å². The molecule has 0 aromatic carbocycles. The number of rotatable bonds is 0. The van der Waals surface area contributed by atoms with E-state index < -0.39 is 0 Å². The standard InChI is InChI=1S/CBS.K/c2-1-3;/q-1;+1. The number of hydrogen-bond donors (Lipinski definition) is 0. The van der Waals surface area contributed by atoms with Gasteiger partial charge in [0.2, 0.25) is 0 Å². The van der Waals surface area contributed by atoms with Crippen LogP contribution in [0, 0.1) is 0 Å². The summed E-state index contributed by atoms with van der Waals surface area (Å²) in [6.45, 7) is 0. The third-order valence-electron chi connectivity index (χ3n) is 0. The van der Waals surface area contributed by atoms with Gasteiger partial charge in [-0.3, -0.25) is 0 Å². The van der Waals surface area contributed by atoms with Crippen molar-refractivity contribution in [3.8, 4) is 0 Å². The van der Waals surface area contributed by atoms with Gasteiger partial charge in [0, 0.05) is 0 Å². The van der Waals surface area contributed by atoms with Crippen LogP contribution in [-0.2, 0) is 0 Å². The van der Waals surface area contributed by atoms with Crippen LogP contribution in [0.3, 0.4) is 0 Å². The molecule has 0 fully saturated rings. The fourth-order valence-electron chi connectivity index (χ4n) is 0. The molecule has 0 saturated carbocycles. The summed E-state index contributed by atoms with van der Waals surface area (Å²) in [6.07, 6.45) is 0. The molecule has 0 N–H and O–H groups in total. The molecule has 0 aliphatic rings. The van der Waals surface area contributed by atoms with Crippen molar-refractivity contribution in [3.05, 3.63) is 0 Å². The van der Waals surface area contributed by atoms with Crippen molar-refractivity contribution in [1.82, 2.24) is 0 Å². The summed E-state index contributed by atoms with van der Waals surface area (Å²) in [7, 11) is 4.41.